The summed E-state index contributed by atoms with van der Waals surface area (Å²) in [6, 6.07) is 0. The van der Waals surface area contributed by atoms with Gasteiger partial charge in [-0.3, -0.25) is 4.79 Å². The molecule has 52 valence electrons. The molecule has 1 rings (SSSR count). The molecule has 0 N–H and O–H groups in total. The number of halogens is 1. The molecule has 0 saturated carbocycles. The lowest BCUT2D eigenvalue weighted by molar-refractivity contribution is -0.124. The Kier molecular flexibility index (Phi) is 1.65. The lowest BCUT2D eigenvalue weighted by atomic mass is 9.92. The van der Waals surface area contributed by atoms with E-state index in [1.807, 2.05) is 13.8 Å². The second kappa shape index (κ2) is 2.06. The zero-order valence-corrected chi connectivity index (χ0v) is 7.06. The molecule has 9 heavy (non-hydrogen) atoms. The van der Waals surface area contributed by atoms with Crippen LogP contribution in [0.2, 0.25) is 0 Å². The van der Waals surface area contributed by atoms with E-state index in [-0.39, 0.29) is 16.2 Å². The Bertz CT molecular complexity index is 142. The largest absolute Gasteiger partial charge is 0.358 e. The zero-order chi connectivity index (χ0) is 7.07. The smallest absolute Gasteiger partial charge is 0.180 e. The Hall–Kier alpha value is 0.110. The minimum Gasteiger partial charge on any atom is -0.358 e. The van der Waals surface area contributed by atoms with E-state index in [1.54, 1.807) is 0 Å². The first-order chi connectivity index (χ1) is 4.04. The predicted octanol–water partition coefficient (Wildman–Crippen LogP) is 1.33. The summed E-state index contributed by atoms with van der Waals surface area (Å²) in [5.74, 6) is 0.141. The van der Waals surface area contributed by atoms with Crippen molar-refractivity contribution in [2.24, 2.45) is 5.41 Å². The lowest BCUT2D eigenvalue weighted by Gasteiger charge is -2.10. The Morgan fingerprint density at radius 3 is 2.44 bits per heavy atom. The first-order valence-electron chi connectivity index (χ1n) is 2.84. The fourth-order valence-corrected chi connectivity index (χ4v) is 1.49. The molecule has 1 saturated heterocycles. The quantitative estimate of drug-likeness (QED) is 0.542. The molecule has 2 nitrogen and oxygen atoms in total. The van der Waals surface area contributed by atoms with Crippen LogP contribution < -0.4 is 0 Å². The van der Waals surface area contributed by atoms with E-state index in [2.05, 4.69) is 15.9 Å². The van der Waals surface area contributed by atoms with Gasteiger partial charge in [0.25, 0.3) is 0 Å². The SMILES string of the molecule is CC1(C)COC(Br)C1=O. The van der Waals surface area contributed by atoms with E-state index in [1.165, 1.54) is 0 Å². The summed E-state index contributed by atoms with van der Waals surface area (Å²) < 4.78 is 5.05. The van der Waals surface area contributed by atoms with E-state index in [0.29, 0.717) is 6.61 Å². The van der Waals surface area contributed by atoms with Crippen molar-refractivity contribution >= 4 is 21.7 Å². The number of hydrogen-bond donors (Lipinski definition) is 0. The molecule has 0 aromatic heterocycles. The van der Waals surface area contributed by atoms with Crippen LogP contribution >= 0.6 is 15.9 Å². The molecule has 3 heteroatoms. The van der Waals surface area contributed by atoms with Crippen molar-refractivity contribution in [2.45, 2.75) is 18.9 Å². The summed E-state index contributed by atoms with van der Waals surface area (Å²) in [7, 11) is 0. The summed E-state index contributed by atoms with van der Waals surface area (Å²) in [4.78, 5) is 11.1. The molecule has 1 fully saturated rings. The first kappa shape index (κ1) is 7.22. The van der Waals surface area contributed by atoms with Gasteiger partial charge < -0.3 is 4.74 Å². The van der Waals surface area contributed by atoms with Crippen molar-refractivity contribution in [3.05, 3.63) is 0 Å². The molecular formula is C6H9BrO2. The Morgan fingerprint density at radius 1 is 1.78 bits per heavy atom. The van der Waals surface area contributed by atoms with Crippen LogP contribution in [0.25, 0.3) is 0 Å². The summed E-state index contributed by atoms with van der Waals surface area (Å²) in [5.41, 5.74) is -0.284. The van der Waals surface area contributed by atoms with E-state index < -0.39 is 0 Å². The van der Waals surface area contributed by atoms with E-state index in [0.717, 1.165) is 0 Å². The monoisotopic (exact) mass is 192 g/mol. The van der Waals surface area contributed by atoms with Crippen LogP contribution in [0.5, 0.6) is 0 Å². The molecule has 0 radical (unpaired) electrons. The van der Waals surface area contributed by atoms with Crippen LogP contribution in [0.4, 0.5) is 0 Å². The average Bonchev–Trinajstić information content (AvgIpc) is 1.97. The number of carbonyl (C=O) groups excluding carboxylic acids is 1. The molecule has 1 atom stereocenters. The van der Waals surface area contributed by atoms with E-state index >= 15 is 0 Å². The number of ether oxygens (including phenoxy) is 1. The molecule has 0 amide bonds. The van der Waals surface area contributed by atoms with Gasteiger partial charge in [-0.2, -0.15) is 0 Å². The van der Waals surface area contributed by atoms with Crippen LogP contribution in [-0.4, -0.2) is 17.4 Å². The van der Waals surface area contributed by atoms with Crippen molar-refractivity contribution in [1.29, 1.82) is 0 Å². The number of alkyl halides is 1. The second-order valence-corrected chi connectivity index (χ2v) is 3.71. The molecule has 0 bridgehead atoms. The number of ketones is 1. The van der Waals surface area contributed by atoms with Crippen LogP contribution in [0.15, 0.2) is 0 Å². The summed E-state index contributed by atoms with van der Waals surface area (Å²) in [6.45, 7) is 4.30. The minimum absolute atomic E-state index is 0.141. The Balaban J connectivity index is 2.74. The highest BCUT2D eigenvalue weighted by atomic mass is 79.9. The third-order valence-corrected chi connectivity index (χ3v) is 2.14. The van der Waals surface area contributed by atoms with E-state index in [9.17, 15) is 4.79 Å². The van der Waals surface area contributed by atoms with Crippen molar-refractivity contribution in [1.82, 2.24) is 0 Å². The molecule has 0 aromatic carbocycles. The molecule has 0 spiro atoms. The molecule has 1 unspecified atom stereocenters. The second-order valence-electron chi connectivity index (χ2n) is 2.88. The maximum Gasteiger partial charge on any atom is 0.180 e. The summed E-state index contributed by atoms with van der Waals surface area (Å²) in [5, 5.41) is -0.368. The van der Waals surface area contributed by atoms with Gasteiger partial charge in [-0.15, -0.1) is 0 Å². The molecule has 0 aliphatic carbocycles. The highest BCUT2D eigenvalue weighted by molar-refractivity contribution is 9.09. The highest BCUT2D eigenvalue weighted by Crippen LogP contribution is 2.30. The molecular weight excluding hydrogens is 184 g/mol. The fraction of sp³-hybridized carbons (Fsp3) is 0.833. The normalized spacial score (nSPS) is 33.2. The van der Waals surface area contributed by atoms with Crippen LogP contribution in [0, 0.1) is 5.41 Å². The lowest BCUT2D eigenvalue weighted by Crippen LogP contribution is -2.23. The van der Waals surface area contributed by atoms with Gasteiger partial charge in [0, 0.05) is 0 Å². The van der Waals surface area contributed by atoms with Crippen molar-refractivity contribution in [3.8, 4) is 0 Å². The zero-order valence-electron chi connectivity index (χ0n) is 5.48. The van der Waals surface area contributed by atoms with Gasteiger partial charge in [-0.25, -0.2) is 0 Å². The fourth-order valence-electron chi connectivity index (χ4n) is 0.736. The maximum absolute atomic E-state index is 11.1. The third-order valence-electron chi connectivity index (χ3n) is 1.46. The summed E-state index contributed by atoms with van der Waals surface area (Å²) >= 11 is 3.11. The molecule has 1 aliphatic heterocycles. The van der Waals surface area contributed by atoms with Gasteiger partial charge in [0.2, 0.25) is 0 Å². The number of carbonyl (C=O) groups is 1. The van der Waals surface area contributed by atoms with Crippen LogP contribution in [0.3, 0.4) is 0 Å². The number of Topliss-reactive ketones (excluding diaryl/α,β-unsaturated/α-hetero) is 1. The molecule has 1 aliphatic rings. The van der Waals surface area contributed by atoms with Gasteiger partial charge in [0.1, 0.15) is 0 Å². The topological polar surface area (TPSA) is 26.3 Å². The Morgan fingerprint density at radius 2 is 2.33 bits per heavy atom. The van der Waals surface area contributed by atoms with Crippen LogP contribution in [-0.2, 0) is 9.53 Å². The number of hydrogen-bond acceptors (Lipinski definition) is 2. The molecule has 1 heterocycles. The van der Waals surface area contributed by atoms with Crippen molar-refractivity contribution < 1.29 is 9.53 Å². The van der Waals surface area contributed by atoms with E-state index in [4.69, 9.17) is 4.74 Å². The van der Waals surface area contributed by atoms with Crippen molar-refractivity contribution in [3.63, 3.8) is 0 Å². The minimum atomic E-state index is -0.368. The predicted molar refractivity (Wildman–Crippen MR) is 37.5 cm³/mol. The standard InChI is InChI=1S/C6H9BrO2/c1-6(2)3-9-5(7)4(6)8/h5H,3H2,1-2H3. The van der Waals surface area contributed by atoms with Crippen molar-refractivity contribution in [2.75, 3.05) is 6.61 Å². The Labute approximate surface area is 62.7 Å². The van der Waals surface area contributed by atoms with Crippen LogP contribution in [0.1, 0.15) is 13.8 Å². The van der Waals surface area contributed by atoms with Gasteiger partial charge in [0.05, 0.1) is 12.0 Å². The van der Waals surface area contributed by atoms with Gasteiger partial charge in [0.15, 0.2) is 10.8 Å². The van der Waals surface area contributed by atoms with Gasteiger partial charge in [-0.1, -0.05) is 13.8 Å². The first-order valence-corrected chi connectivity index (χ1v) is 3.75. The maximum atomic E-state index is 11.1. The number of rotatable bonds is 0. The average molecular weight is 193 g/mol. The highest BCUT2D eigenvalue weighted by Gasteiger charge is 2.40. The third kappa shape index (κ3) is 1.17. The van der Waals surface area contributed by atoms with Gasteiger partial charge in [-0.05, 0) is 15.9 Å². The molecule has 0 aromatic rings. The van der Waals surface area contributed by atoms with Gasteiger partial charge >= 0.3 is 0 Å². The summed E-state index contributed by atoms with van der Waals surface area (Å²) in [6.07, 6.45) is 0.